The minimum absolute atomic E-state index is 0. The Balaban J connectivity index is 0. The van der Waals surface area contributed by atoms with Crippen molar-refractivity contribution < 1.29 is 68.9 Å². The summed E-state index contributed by atoms with van der Waals surface area (Å²) in [5.41, 5.74) is 0. The first kappa shape index (κ1) is 10.4. The second-order valence-corrected chi connectivity index (χ2v) is 0.429. The zero-order chi connectivity index (χ0) is 4.50. The van der Waals surface area contributed by atoms with Crippen molar-refractivity contribution in [2.24, 2.45) is 0 Å². The van der Waals surface area contributed by atoms with Crippen molar-refractivity contribution in [3.05, 3.63) is 0 Å². The van der Waals surface area contributed by atoms with Crippen LogP contribution in [0.15, 0.2) is 0 Å². The Labute approximate surface area is 74.3 Å². The van der Waals surface area contributed by atoms with Gasteiger partial charge in [-0.25, -0.2) is 0 Å². The summed E-state index contributed by atoms with van der Waals surface area (Å²) in [7, 11) is 0. The number of rotatable bonds is 0. The van der Waals surface area contributed by atoms with E-state index in [-0.39, 0.29) is 51.4 Å². The maximum atomic E-state index is 9.69. The van der Waals surface area contributed by atoms with Crippen LogP contribution in [0.1, 0.15) is 0 Å². The first-order valence-corrected chi connectivity index (χ1v) is 0.756. The Kier molecular flexibility index (Phi) is 5.82. The van der Waals surface area contributed by atoms with E-state index in [1.54, 1.807) is 0 Å². The summed E-state index contributed by atoms with van der Waals surface area (Å²) >= 11 is 0. The van der Waals surface area contributed by atoms with Crippen LogP contribution in [0.2, 0.25) is 0 Å². The Morgan fingerprint density at radius 2 is 0.833 bits per heavy atom. The van der Waals surface area contributed by atoms with Gasteiger partial charge in [-0.2, -0.15) is 0 Å². The molecule has 0 rings (SSSR count). The molecule has 0 unspecified atom stereocenters. The third kappa shape index (κ3) is 55.3. The molecule has 32 valence electrons. The van der Waals surface area contributed by atoms with E-state index in [4.69, 9.17) is 0 Å². The van der Waals surface area contributed by atoms with Crippen molar-refractivity contribution in [2.75, 3.05) is 0 Å². The molecule has 0 bridgehead atoms. The van der Waals surface area contributed by atoms with Gasteiger partial charge in [-0.15, -0.1) is 17.6 Å². The predicted octanol–water partition coefficient (Wildman–Crippen LogP) is -1.52. The third-order valence-electron chi connectivity index (χ3n) is 0. The monoisotopic (exact) mass is 127 g/mol. The molecule has 6 heavy (non-hydrogen) atoms. The van der Waals surface area contributed by atoms with E-state index in [9.17, 15) is 17.6 Å². The molecule has 0 aromatic carbocycles. The summed E-state index contributed by atoms with van der Waals surface area (Å²) in [5, 5.41) is 0. The van der Waals surface area contributed by atoms with Gasteiger partial charge in [-0.3, -0.25) is 0 Å². The van der Waals surface area contributed by atoms with E-state index < -0.39 is 6.43 Å². The first-order chi connectivity index (χ1) is 2.00. The largest absolute Gasteiger partial charge is 1.00 e. The summed E-state index contributed by atoms with van der Waals surface area (Å²) < 4.78 is 38.8. The van der Waals surface area contributed by atoms with Crippen LogP contribution >= 0.6 is 0 Å². The molecule has 0 fully saturated rings. The van der Waals surface area contributed by atoms with Gasteiger partial charge in [0.05, 0.1) is 0 Å². The van der Waals surface area contributed by atoms with E-state index in [1.165, 1.54) is 0 Å². The standard InChI is InChI=1S/CF4.K/c2-1(3,4)5;/q;+1. The molecule has 0 aliphatic heterocycles. The summed E-state index contributed by atoms with van der Waals surface area (Å²) in [4.78, 5) is 0. The minimum Gasteiger partial charge on any atom is -0.140 e. The fraction of sp³-hybridized carbons (Fsp3) is 1.00. The van der Waals surface area contributed by atoms with Gasteiger partial charge in [0.25, 0.3) is 0 Å². The first-order valence-electron chi connectivity index (χ1n) is 0.756. The summed E-state index contributed by atoms with van der Waals surface area (Å²) in [6.45, 7) is 0. The SMILES string of the molecule is FC(F)(F)F.[K+]. The van der Waals surface area contributed by atoms with E-state index in [0.29, 0.717) is 0 Å². The van der Waals surface area contributed by atoms with Gasteiger partial charge in [-0.05, 0) is 0 Å². The zero-order valence-electron chi connectivity index (χ0n) is 3.01. The summed E-state index contributed by atoms with van der Waals surface area (Å²) in [6.07, 6.45) is -5.50. The van der Waals surface area contributed by atoms with Crippen LogP contribution in [0.5, 0.6) is 0 Å². The molecule has 0 aliphatic carbocycles. The van der Waals surface area contributed by atoms with E-state index in [2.05, 4.69) is 0 Å². The molecular weight excluding hydrogens is 127 g/mol. The van der Waals surface area contributed by atoms with Crippen molar-refractivity contribution in [3.8, 4) is 0 Å². The number of alkyl halides is 4. The van der Waals surface area contributed by atoms with Crippen LogP contribution in [0.4, 0.5) is 17.6 Å². The van der Waals surface area contributed by atoms with Gasteiger partial charge in [0, 0.05) is 0 Å². The molecule has 0 saturated heterocycles. The van der Waals surface area contributed by atoms with Gasteiger partial charge < -0.3 is 0 Å². The van der Waals surface area contributed by atoms with Crippen LogP contribution in [0.25, 0.3) is 0 Å². The van der Waals surface area contributed by atoms with Crippen LogP contribution < -0.4 is 51.4 Å². The Morgan fingerprint density at radius 1 is 0.833 bits per heavy atom. The fourth-order valence-corrected chi connectivity index (χ4v) is 0. The van der Waals surface area contributed by atoms with Gasteiger partial charge >= 0.3 is 57.8 Å². The van der Waals surface area contributed by atoms with Gasteiger partial charge in [0.1, 0.15) is 0 Å². The van der Waals surface area contributed by atoms with Crippen molar-refractivity contribution in [2.45, 2.75) is 6.43 Å². The van der Waals surface area contributed by atoms with Crippen molar-refractivity contribution in [1.29, 1.82) is 0 Å². The summed E-state index contributed by atoms with van der Waals surface area (Å²) in [5.74, 6) is 0. The third-order valence-corrected chi connectivity index (χ3v) is 0. The smallest absolute Gasteiger partial charge is 0.140 e. The van der Waals surface area contributed by atoms with Crippen LogP contribution in [-0.4, -0.2) is 6.43 Å². The number of hydrogen-bond donors (Lipinski definition) is 0. The quantitative estimate of drug-likeness (QED) is 0.274. The van der Waals surface area contributed by atoms with Gasteiger partial charge in [-0.1, -0.05) is 0 Å². The van der Waals surface area contributed by atoms with Crippen molar-refractivity contribution in [1.82, 2.24) is 0 Å². The predicted molar refractivity (Wildman–Crippen MR) is 7.16 cm³/mol. The normalized spacial score (nSPS) is 10.0. The summed E-state index contributed by atoms with van der Waals surface area (Å²) in [6, 6.07) is 0. The van der Waals surface area contributed by atoms with Crippen molar-refractivity contribution >= 4 is 0 Å². The Morgan fingerprint density at radius 3 is 0.833 bits per heavy atom. The average molecular weight is 127 g/mol. The minimum atomic E-state index is -5.50. The molecule has 0 aromatic rings. The Bertz CT molecular complexity index is 23.0. The van der Waals surface area contributed by atoms with E-state index in [1.807, 2.05) is 0 Å². The van der Waals surface area contributed by atoms with Gasteiger partial charge in [0.15, 0.2) is 0 Å². The van der Waals surface area contributed by atoms with Crippen LogP contribution in [0.3, 0.4) is 0 Å². The maximum Gasteiger partial charge on any atom is 1.00 e. The second kappa shape index (κ2) is 3.37. The molecule has 0 atom stereocenters. The molecule has 0 amide bonds. The fourth-order valence-electron chi connectivity index (χ4n) is 0. The van der Waals surface area contributed by atoms with E-state index >= 15 is 0 Å². The van der Waals surface area contributed by atoms with Crippen molar-refractivity contribution in [3.63, 3.8) is 0 Å². The van der Waals surface area contributed by atoms with Crippen LogP contribution in [0, 0.1) is 0 Å². The molecule has 0 heterocycles. The number of hydrogen-bond acceptors (Lipinski definition) is 0. The molecule has 0 radical (unpaired) electrons. The molecule has 0 saturated carbocycles. The molecule has 0 spiro atoms. The molecular formula is CF4K+. The Hall–Kier alpha value is 1.36. The molecule has 0 nitrogen and oxygen atoms in total. The van der Waals surface area contributed by atoms with E-state index in [0.717, 1.165) is 0 Å². The second-order valence-electron chi connectivity index (χ2n) is 0.429. The maximum absolute atomic E-state index is 9.69. The molecule has 0 aromatic heterocycles. The molecule has 0 aliphatic rings. The number of halogens is 4. The zero-order valence-corrected chi connectivity index (χ0v) is 6.13. The van der Waals surface area contributed by atoms with Crippen LogP contribution in [-0.2, 0) is 0 Å². The topological polar surface area (TPSA) is 0 Å². The van der Waals surface area contributed by atoms with Gasteiger partial charge in [0.2, 0.25) is 0 Å². The molecule has 0 N–H and O–H groups in total. The average Bonchev–Trinajstić information content (AvgIpc) is 0.722. The molecule has 5 heteroatoms.